The number of amides is 1. The molecule has 38 heavy (non-hydrogen) atoms. The average Bonchev–Trinajstić information content (AvgIpc) is 2.81. The van der Waals surface area contributed by atoms with Crippen molar-refractivity contribution in [2.75, 3.05) is 20.6 Å². The first-order chi connectivity index (χ1) is 17.7. The highest BCUT2D eigenvalue weighted by Crippen LogP contribution is 2.51. The maximum absolute atomic E-state index is 13.8. The van der Waals surface area contributed by atoms with Gasteiger partial charge in [0.15, 0.2) is 34.7 Å². The van der Waals surface area contributed by atoms with E-state index in [2.05, 4.69) is 19.2 Å². The van der Waals surface area contributed by atoms with Gasteiger partial charge in [-0.2, -0.15) is 0 Å². The van der Waals surface area contributed by atoms with Gasteiger partial charge in [0.05, 0.1) is 17.5 Å². The number of aromatic hydroxyl groups is 1. The second-order valence-electron chi connectivity index (χ2n) is 11.4. The minimum absolute atomic E-state index is 0.0160. The second-order valence-corrected chi connectivity index (χ2v) is 11.7. The highest BCUT2D eigenvalue weighted by molar-refractivity contribution is 6.34. The third-order valence-electron chi connectivity index (χ3n) is 8.28. The molecular formula is C27H34ClN3O7. The number of aliphatic hydroxyl groups is 1. The number of halogens is 1. The van der Waals surface area contributed by atoms with Gasteiger partial charge in [-0.25, -0.2) is 0 Å². The van der Waals surface area contributed by atoms with E-state index < -0.39 is 64.4 Å². The van der Waals surface area contributed by atoms with Gasteiger partial charge in [-0.05, 0) is 68.9 Å². The summed E-state index contributed by atoms with van der Waals surface area (Å²) in [6, 6.07) is 0.249. The van der Waals surface area contributed by atoms with Gasteiger partial charge in [0, 0.05) is 17.5 Å². The van der Waals surface area contributed by atoms with Crippen LogP contribution in [0.4, 0.5) is 0 Å². The minimum Gasteiger partial charge on any atom is -0.507 e. The van der Waals surface area contributed by atoms with Crippen molar-refractivity contribution in [3.05, 3.63) is 27.8 Å². The number of hydrogen-bond donors (Lipinski definition) is 4. The number of likely N-dealkylation sites (N-methyl/N-ethyl adjacent to an activating group) is 1. The van der Waals surface area contributed by atoms with Crippen LogP contribution in [0.2, 0.25) is 5.02 Å². The molecule has 2 unspecified atom stereocenters. The lowest BCUT2D eigenvalue weighted by Gasteiger charge is -2.52. The van der Waals surface area contributed by atoms with E-state index in [9.17, 15) is 34.2 Å². The Morgan fingerprint density at radius 2 is 1.89 bits per heavy atom. The number of carbonyl (C=O) groups excluding carboxylic acids is 5. The average molecular weight is 548 g/mol. The molecule has 10 nitrogen and oxygen atoms in total. The first-order valence-corrected chi connectivity index (χ1v) is 13.2. The van der Waals surface area contributed by atoms with Crippen LogP contribution in [-0.2, 0) is 32.1 Å². The molecule has 3 aliphatic rings. The summed E-state index contributed by atoms with van der Waals surface area (Å²) in [4.78, 5) is 67.3. The number of ketones is 4. The lowest BCUT2D eigenvalue weighted by molar-refractivity contribution is -0.181. The molecule has 5 N–H and O–H groups in total. The smallest absolute Gasteiger partial charge is 0.235 e. The van der Waals surface area contributed by atoms with Crippen LogP contribution in [0.1, 0.15) is 48.2 Å². The molecule has 3 aliphatic carbocycles. The maximum Gasteiger partial charge on any atom is 0.235 e. The largest absolute Gasteiger partial charge is 0.507 e. The molecule has 0 radical (unpaired) electrons. The first kappa shape index (κ1) is 28.4. The SMILES string of the molecule is CC(C)CCNCc1cc(O)c2c(c1Cl)C[C@H]1C[C@H]3[C@H](N(C)C)C(=O)C(C(N)=O)C(=O)[C@@]3(O)C(=O)C1C2=O. The number of phenolic OH excluding ortho intramolecular Hbond substituents is 1. The van der Waals surface area contributed by atoms with Crippen molar-refractivity contribution < 1.29 is 34.2 Å². The molecule has 4 rings (SSSR count). The van der Waals surface area contributed by atoms with Crippen molar-refractivity contribution >= 4 is 40.6 Å². The Hall–Kier alpha value is -2.66. The molecule has 1 amide bonds. The molecule has 0 bridgehead atoms. The van der Waals surface area contributed by atoms with Gasteiger partial charge in [-0.15, -0.1) is 0 Å². The van der Waals surface area contributed by atoms with Gasteiger partial charge >= 0.3 is 0 Å². The zero-order valence-electron chi connectivity index (χ0n) is 21.9. The molecular weight excluding hydrogens is 514 g/mol. The van der Waals surface area contributed by atoms with E-state index in [1.807, 2.05) is 0 Å². The number of nitrogens with two attached hydrogens (primary N) is 1. The van der Waals surface area contributed by atoms with Crippen LogP contribution in [-0.4, -0.2) is 76.4 Å². The second kappa shape index (κ2) is 10.1. The maximum atomic E-state index is 13.8. The predicted molar refractivity (Wildman–Crippen MR) is 138 cm³/mol. The Balaban J connectivity index is 1.75. The molecule has 6 atom stereocenters. The lowest BCUT2D eigenvalue weighted by atomic mass is 9.52. The molecule has 0 aromatic heterocycles. The number of benzene rings is 1. The Morgan fingerprint density at radius 3 is 2.47 bits per heavy atom. The molecule has 1 aromatic rings. The zero-order chi connectivity index (χ0) is 28.3. The van der Waals surface area contributed by atoms with Crippen LogP contribution in [0.5, 0.6) is 5.75 Å². The molecule has 1 aromatic carbocycles. The highest BCUT2D eigenvalue weighted by atomic mass is 35.5. The number of carbonyl (C=O) groups is 5. The summed E-state index contributed by atoms with van der Waals surface area (Å²) in [5, 5.41) is 26.0. The fourth-order valence-corrected chi connectivity index (χ4v) is 6.74. The Morgan fingerprint density at radius 1 is 1.24 bits per heavy atom. The van der Waals surface area contributed by atoms with Crippen molar-refractivity contribution in [1.29, 1.82) is 0 Å². The number of phenols is 1. The van der Waals surface area contributed by atoms with E-state index >= 15 is 0 Å². The van der Waals surface area contributed by atoms with Gasteiger partial charge in [0.1, 0.15) is 5.75 Å². The lowest BCUT2D eigenvalue weighted by Crippen LogP contribution is -2.74. The van der Waals surface area contributed by atoms with Gasteiger partial charge < -0.3 is 21.3 Å². The summed E-state index contributed by atoms with van der Waals surface area (Å²) < 4.78 is 0. The van der Waals surface area contributed by atoms with Gasteiger partial charge in [0.2, 0.25) is 5.91 Å². The van der Waals surface area contributed by atoms with E-state index in [1.165, 1.54) is 11.0 Å². The summed E-state index contributed by atoms with van der Waals surface area (Å²) in [6.45, 7) is 5.33. The molecule has 0 heterocycles. The molecule has 11 heteroatoms. The van der Waals surface area contributed by atoms with E-state index in [4.69, 9.17) is 17.3 Å². The van der Waals surface area contributed by atoms with Gasteiger partial charge in [-0.1, -0.05) is 25.4 Å². The minimum atomic E-state index is -2.74. The van der Waals surface area contributed by atoms with E-state index in [0.29, 0.717) is 28.6 Å². The molecule has 2 saturated carbocycles. The number of rotatable bonds is 7. The van der Waals surface area contributed by atoms with Crippen LogP contribution in [0.15, 0.2) is 6.07 Å². The predicted octanol–water partition coefficient (Wildman–Crippen LogP) is 0.656. The van der Waals surface area contributed by atoms with Crippen LogP contribution in [0.25, 0.3) is 0 Å². The zero-order valence-corrected chi connectivity index (χ0v) is 22.7. The summed E-state index contributed by atoms with van der Waals surface area (Å²) in [5.41, 5.74) is 3.49. The van der Waals surface area contributed by atoms with Crippen molar-refractivity contribution in [1.82, 2.24) is 10.2 Å². The number of nitrogens with one attached hydrogen (secondary N) is 1. The Bertz CT molecular complexity index is 1230. The molecule has 0 saturated heterocycles. The Labute approximate surface area is 225 Å². The standard InChI is InChI=1S/C27H34ClN3O7/c1-11(2)5-6-30-10-13-9-16(32)18-14(20(13)28)7-12-8-15-21(31(3)4)23(34)19(26(29)37)25(36)27(15,38)24(35)17(12)22(18)33/h9,11-12,15,17,19,21,30,32,38H,5-8,10H2,1-4H3,(H2,29,37)/t12-,15-,17?,19?,21-,27-/m0/s1. The van der Waals surface area contributed by atoms with Gasteiger partial charge in [0.25, 0.3) is 0 Å². The molecule has 2 fully saturated rings. The van der Waals surface area contributed by atoms with Crippen molar-refractivity contribution in [2.24, 2.45) is 35.3 Å². The van der Waals surface area contributed by atoms with Crippen molar-refractivity contribution in [3.8, 4) is 5.75 Å². The first-order valence-electron chi connectivity index (χ1n) is 12.8. The monoisotopic (exact) mass is 547 g/mol. The fourth-order valence-electron chi connectivity index (χ4n) is 6.45. The summed E-state index contributed by atoms with van der Waals surface area (Å²) >= 11 is 6.71. The van der Waals surface area contributed by atoms with Crippen molar-refractivity contribution in [2.45, 2.75) is 51.3 Å². The fraction of sp³-hybridized carbons (Fsp3) is 0.593. The quantitative estimate of drug-likeness (QED) is 0.283. The van der Waals surface area contributed by atoms with Crippen LogP contribution in [0, 0.1) is 29.6 Å². The molecule has 0 aliphatic heterocycles. The van der Waals surface area contributed by atoms with Crippen molar-refractivity contribution in [3.63, 3.8) is 0 Å². The number of primary amides is 1. The van der Waals surface area contributed by atoms with Gasteiger partial charge in [-0.3, -0.25) is 28.9 Å². The third-order valence-corrected chi connectivity index (χ3v) is 8.75. The topological polar surface area (TPSA) is 167 Å². The normalized spacial score (nSPS) is 30.9. The van der Waals surface area contributed by atoms with E-state index in [-0.39, 0.29) is 24.2 Å². The van der Waals surface area contributed by atoms with E-state index in [1.54, 1.807) is 14.1 Å². The molecule has 0 spiro atoms. The third kappa shape index (κ3) is 4.27. The number of nitrogens with zero attached hydrogens (tertiary/aromatic N) is 1. The summed E-state index contributed by atoms with van der Waals surface area (Å²) in [5.74, 6) is -10.2. The Kier molecular flexibility index (Phi) is 7.57. The number of fused-ring (bicyclic) bond motifs is 3. The summed E-state index contributed by atoms with van der Waals surface area (Å²) in [7, 11) is 3.09. The van der Waals surface area contributed by atoms with Crippen LogP contribution >= 0.6 is 11.6 Å². The number of Topliss-reactive ketones (excluding diaryl/α,β-unsaturated/α-hetero) is 4. The highest BCUT2D eigenvalue weighted by Gasteiger charge is 2.69. The number of hydrogen-bond acceptors (Lipinski definition) is 9. The van der Waals surface area contributed by atoms with Crippen LogP contribution < -0.4 is 11.1 Å². The van der Waals surface area contributed by atoms with E-state index in [0.717, 1.165) is 13.0 Å². The summed E-state index contributed by atoms with van der Waals surface area (Å²) in [6.07, 6.45) is 1.07. The molecule has 206 valence electrons. The van der Waals surface area contributed by atoms with Crippen LogP contribution in [0.3, 0.4) is 0 Å².